The molecule has 6 rings (SSSR count). The third kappa shape index (κ3) is 7.37. The van der Waals surface area contributed by atoms with E-state index >= 15 is 0 Å². The monoisotopic (exact) mass is 738 g/mol. The van der Waals surface area contributed by atoms with E-state index in [-0.39, 0.29) is 51.0 Å². The number of hydrogen-bond acceptors (Lipinski definition) is 12. The summed E-state index contributed by atoms with van der Waals surface area (Å²) in [4.78, 5) is 29.9. The molecule has 0 radical (unpaired) electrons. The summed E-state index contributed by atoms with van der Waals surface area (Å²) >= 11 is 0. The minimum Gasteiger partial charge on any atom is -0.507 e. The van der Waals surface area contributed by atoms with Crippen molar-refractivity contribution >= 4 is 28.2 Å². The molecule has 4 aliphatic rings. The van der Waals surface area contributed by atoms with Gasteiger partial charge in [-0.1, -0.05) is 45.9 Å². The van der Waals surface area contributed by atoms with Crippen LogP contribution in [0, 0.1) is 30.6 Å². The van der Waals surface area contributed by atoms with Crippen molar-refractivity contribution < 1.29 is 54.4 Å². The number of likely N-dealkylation sites (tertiary alicyclic amines) is 1. The van der Waals surface area contributed by atoms with Gasteiger partial charge in [0.25, 0.3) is 11.7 Å². The van der Waals surface area contributed by atoms with Gasteiger partial charge in [0.2, 0.25) is 0 Å². The number of carbonyl (C=O) groups excluding carboxylic acids is 2. The molecule has 290 valence electrons. The molecule has 1 fully saturated rings. The number of aliphatic hydroxyl groups is 3. The Balaban J connectivity index is 1.69. The number of carbonyl (C=O) groups is 2. The zero-order chi connectivity index (χ0) is 39.1. The molecule has 53 heavy (non-hydrogen) atoms. The van der Waals surface area contributed by atoms with Gasteiger partial charge in [-0.2, -0.15) is 0 Å². The van der Waals surface area contributed by atoms with Crippen LogP contribution in [0.1, 0.15) is 75.9 Å². The topological polar surface area (TPSA) is 198 Å². The lowest BCUT2D eigenvalue weighted by Crippen LogP contribution is -2.44. The number of phenols is 3. The SMILES string of the molecule is CO[C@H]1/C=C/O[C@@]2(C)Oc3c(C)c(O)c4c(O)c(c(CN5CCCC5)c(O)c4c3C2=O)NC(=O)/C(C)=C\C=C\[C@@H](C)[C@H](O)[C@@H](C)[C@@H](O)[C@@H](C)[C@H](O)[C@@H]1C. The van der Waals surface area contributed by atoms with Gasteiger partial charge in [-0.3, -0.25) is 14.5 Å². The van der Waals surface area contributed by atoms with Gasteiger partial charge in [-0.25, -0.2) is 0 Å². The minimum absolute atomic E-state index is 0.0361. The van der Waals surface area contributed by atoms with E-state index in [1.807, 2.05) is 0 Å². The summed E-state index contributed by atoms with van der Waals surface area (Å²) < 4.78 is 17.7. The molecule has 1 amide bonds. The summed E-state index contributed by atoms with van der Waals surface area (Å²) in [6.07, 6.45) is 5.52. The Labute approximate surface area is 310 Å². The summed E-state index contributed by atoms with van der Waals surface area (Å²) in [5.41, 5.74) is 0.283. The van der Waals surface area contributed by atoms with Crippen molar-refractivity contribution in [3.63, 3.8) is 0 Å². The molecule has 2 aromatic rings. The van der Waals surface area contributed by atoms with Crippen LogP contribution in [0.4, 0.5) is 5.69 Å². The number of methoxy groups -OCH3 is 1. The van der Waals surface area contributed by atoms with Crippen molar-refractivity contribution in [1.29, 1.82) is 0 Å². The minimum atomic E-state index is -1.97. The van der Waals surface area contributed by atoms with Crippen molar-refractivity contribution in [2.45, 2.75) is 98.1 Å². The van der Waals surface area contributed by atoms with E-state index in [0.717, 1.165) is 12.8 Å². The lowest BCUT2D eigenvalue weighted by Gasteiger charge is -2.36. The summed E-state index contributed by atoms with van der Waals surface area (Å²) in [5, 5.41) is 71.4. The first kappa shape index (κ1) is 40.1. The molecular formula is C40H54N2O11. The van der Waals surface area contributed by atoms with Gasteiger partial charge < -0.3 is 50.2 Å². The summed E-state index contributed by atoms with van der Waals surface area (Å²) in [6, 6.07) is 0. The molecule has 13 nitrogen and oxygen atoms in total. The Morgan fingerprint density at radius 3 is 2.15 bits per heavy atom. The summed E-state index contributed by atoms with van der Waals surface area (Å²) in [5.74, 6) is -7.03. The molecule has 4 heterocycles. The van der Waals surface area contributed by atoms with E-state index in [9.17, 15) is 40.2 Å². The number of phenolic OH excluding ortho intramolecular Hbond substituents is 3. The van der Waals surface area contributed by atoms with Gasteiger partial charge in [0.05, 0.1) is 47.3 Å². The second kappa shape index (κ2) is 15.7. The number of ketones is 1. The first-order valence-corrected chi connectivity index (χ1v) is 18.2. The highest BCUT2D eigenvalue weighted by Gasteiger charge is 2.50. The molecule has 0 saturated carbocycles. The number of amides is 1. The van der Waals surface area contributed by atoms with E-state index in [0.29, 0.717) is 13.1 Å². The predicted molar refractivity (Wildman–Crippen MR) is 199 cm³/mol. The number of Topliss-reactive ketones (excluding diaryl/α,β-unsaturated/α-hetero) is 1. The smallest absolute Gasteiger partial charge is 0.312 e. The van der Waals surface area contributed by atoms with Crippen LogP contribution in [0.15, 0.2) is 36.1 Å². The van der Waals surface area contributed by atoms with E-state index < -0.39 is 82.8 Å². The summed E-state index contributed by atoms with van der Waals surface area (Å²) in [7, 11) is 1.45. The lowest BCUT2D eigenvalue weighted by atomic mass is 9.78. The maximum atomic E-state index is 14.3. The molecular weight excluding hydrogens is 684 g/mol. The Kier molecular flexibility index (Phi) is 11.9. The van der Waals surface area contributed by atoms with Crippen LogP contribution in [-0.4, -0.2) is 97.6 Å². The second-order valence-electron chi connectivity index (χ2n) is 15.1. The number of ether oxygens (including phenoxy) is 3. The van der Waals surface area contributed by atoms with Crippen LogP contribution in [0.2, 0.25) is 0 Å². The molecule has 2 aromatic carbocycles. The second-order valence-corrected chi connectivity index (χ2v) is 15.1. The maximum Gasteiger partial charge on any atom is 0.312 e. The standard InChI is InChI=1S/C40H54N2O11/c1-19-12-11-13-20(2)39(50)41-30-25(18-42-15-9-10-16-42)35(47)27-28(36(30)48)34(46)24(6)37-29(27)38(49)40(7,53-37)52-17-14-26(51-8)21(3)32(44)23(5)33(45)22(4)31(19)43/h11-14,17,19,21-23,26,31-33,43-48H,9-10,15-16,18H2,1-8H3,(H,41,50)/b12-11+,17-14+,20-13-/t19-,21-,22-,23+,26+,31+,32-,33-,40+/m1/s1. The molecule has 0 aliphatic carbocycles. The lowest BCUT2D eigenvalue weighted by molar-refractivity contribution is -0.112. The molecule has 1 saturated heterocycles. The molecule has 13 heteroatoms. The quantitative estimate of drug-likeness (QED) is 0.168. The number of nitrogens with one attached hydrogen (secondary N) is 1. The third-order valence-electron chi connectivity index (χ3n) is 11.4. The van der Waals surface area contributed by atoms with Crippen molar-refractivity contribution in [3.8, 4) is 23.0 Å². The van der Waals surface area contributed by atoms with Crippen molar-refractivity contribution in [2.24, 2.45) is 23.7 Å². The van der Waals surface area contributed by atoms with E-state index in [4.69, 9.17) is 14.2 Å². The van der Waals surface area contributed by atoms with Crippen LogP contribution in [-0.2, 0) is 20.8 Å². The third-order valence-corrected chi connectivity index (χ3v) is 11.4. The number of benzene rings is 2. The van der Waals surface area contributed by atoms with Gasteiger partial charge >= 0.3 is 5.79 Å². The van der Waals surface area contributed by atoms with E-state index in [1.165, 1.54) is 39.4 Å². The molecule has 7 N–H and O–H groups in total. The molecule has 0 aromatic heterocycles. The van der Waals surface area contributed by atoms with Crippen LogP contribution < -0.4 is 10.1 Å². The van der Waals surface area contributed by atoms with Crippen molar-refractivity contribution in [2.75, 3.05) is 25.5 Å². The highest BCUT2D eigenvalue weighted by atomic mass is 16.7. The molecule has 0 unspecified atom stereocenters. The Hall–Kier alpha value is -4.14. The Morgan fingerprint density at radius 1 is 0.887 bits per heavy atom. The number of nitrogens with zero attached hydrogens (tertiary/aromatic N) is 1. The van der Waals surface area contributed by atoms with Gasteiger partial charge in [0, 0.05) is 66.3 Å². The number of anilines is 1. The largest absolute Gasteiger partial charge is 0.507 e. The van der Waals surface area contributed by atoms with E-state index in [1.54, 1.807) is 46.8 Å². The Morgan fingerprint density at radius 2 is 1.51 bits per heavy atom. The Bertz CT molecular complexity index is 1830. The highest BCUT2D eigenvalue weighted by molar-refractivity contribution is 6.22. The van der Waals surface area contributed by atoms with Crippen molar-refractivity contribution in [1.82, 2.24) is 4.90 Å². The van der Waals surface area contributed by atoms with Crippen LogP contribution in [0.3, 0.4) is 0 Å². The van der Waals surface area contributed by atoms with Crippen LogP contribution in [0.25, 0.3) is 10.8 Å². The van der Waals surface area contributed by atoms with E-state index in [2.05, 4.69) is 10.2 Å². The fourth-order valence-electron chi connectivity index (χ4n) is 7.71. The number of rotatable bonds is 3. The van der Waals surface area contributed by atoms with Crippen molar-refractivity contribution in [3.05, 3.63) is 52.8 Å². The maximum absolute atomic E-state index is 14.3. The number of aliphatic hydroxyl groups excluding tert-OH is 3. The molecule has 0 spiro atoms. The van der Waals surface area contributed by atoms with Gasteiger partial charge in [-0.05, 0) is 45.9 Å². The zero-order valence-electron chi connectivity index (χ0n) is 31.7. The average molecular weight is 739 g/mol. The fourth-order valence-corrected chi connectivity index (χ4v) is 7.71. The van der Waals surface area contributed by atoms with Crippen LogP contribution in [0.5, 0.6) is 23.0 Å². The first-order chi connectivity index (χ1) is 24.9. The van der Waals surface area contributed by atoms with Gasteiger partial charge in [-0.15, -0.1) is 0 Å². The highest BCUT2D eigenvalue weighted by Crippen LogP contribution is 2.55. The number of allylic oxidation sites excluding steroid dienone is 2. The number of fused-ring (bicyclic) bond motifs is 14. The summed E-state index contributed by atoms with van der Waals surface area (Å²) in [6.45, 7) is 12.9. The molecule has 9 atom stereocenters. The number of aromatic hydroxyl groups is 3. The first-order valence-electron chi connectivity index (χ1n) is 18.2. The zero-order valence-corrected chi connectivity index (χ0v) is 31.7. The number of hydrogen-bond donors (Lipinski definition) is 7. The fraction of sp³-hybridized carbons (Fsp3) is 0.550. The molecule has 5 bridgehead atoms. The predicted octanol–water partition coefficient (Wildman–Crippen LogP) is 4.78. The van der Waals surface area contributed by atoms with Crippen LogP contribution >= 0.6 is 0 Å². The normalized spacial score (nSPS) is 34.1. The van der Waals surface area contributed by atoms with Gasteiger partial charge in [0.1, 0.15) is 17.2 Å². The van der Waals surface area contributed by atoms with Gasteiger partial charge in [0.15, 0.2) is 5.75 Å². The average Bonchev–Trinajstić information content (AvgIpc) is 3.75. The molecule has 4 aliphatic heterocycles.